The lowest BCUT2D eigenvalue weighted by molar-refractivity contribution is -0.151. The Kier molecular flexibility index (Phi) is 4.67. The van der Waals surface area contributed by atoms with Gasteiger partial charge in [0.2, 0.25) is 5.91 Å². The third-order valence-corrected chi connectivity index (χ3v) is 3.57. The first kappa shape index (κ1) is 14.9. The maximum absolute atomic E-state index is 11.9. The number of ketones is 1. The number of carbonyl (C=O) groups excluding carboxylic acids is 3. The third kappa shape index (κ3) is 2.81. The van der Waals surface area contributed by atoms with Gasteiger partial charge in [-0.15, -0.1) is 0 Å². The van der Waals surface area contributed by atoms with E-state index in [0.29, 0.717) is 6.61 Å². The van der Waals surface area contributed by atoms with E-state index in [1.54, 1.807) is 0 Å². The predicted octanol–water partition coefficient (Wildman–Crippen LogP) is 0.657. The fourth-order valence-corrected chi connectivity index (χ4v) is 2.45. The number of amides is 1. The minimum atomic E-state index is -0.649. The van der Waals surface area contributed by atoms with Crippen molar-refractivity contribution in [2.24, 2.45) is 5.92 Å². The van der Waals surface area contributed by atoms with Crippen LogP contribution in [0, 0.1) is 5.92 Å². The zero-order chi connectivity index (χ0) is 14.7. The first-order valence-corrected chi connectivity index (χ1v) is 6.83. The summed E-state index contributed by atoms with van der Waals surface area (Å²) in [5, 5.41) is 0. The van der Waals surface area contributed by atoms with Gasteiger partial charge in [-0.3, -0.25) is 14.5 Å². The highest BCUT2D eigenvalue weighted by Crippen LogP contribution is 2.32. The molecule has 0 aliphatic carbocycles. The quantitative estimate of drug-likeness (QED) is 0.546. The van der Waals surface area contributed by atoms with Crippen LogP contribution in [0.4, 0.5) is 0 Å². The summed E-state index contributed by atoms with van der Waals surface area (Å²) in [6.45, 7) is 4.38. The smallest absolute Gasteiger partial charge is 0.236 e. The number of hydrogen-bond donors (Lipinski definition) is 0. The first-order valence-electron chi connectivity index (χ1n) is 6.83. The summed E-state index contributed by atoms with van der Waals surface area (Å²) in [6, 6.07) is 0. The molecule has 0 aromatic rings. The molecule has 0 aromatic heterocycles. The molecule has 6 heteroatoms. The van der Waals surface area contributed by atoms with Gasteiger partial charge in [-0.2, -0.15) is 0 Å². The van der Waals surface area contributed by atoms with Gasteiger partial charge in [0.1, 0.15) is 18.5 Å². The second-order valence-corrected chi connectivity index (χ2v) is 5.08. The van der Waals surface area contributed by atoms with E-state index in [2.05, 4.69) is 0 Å². The highest BCUT2D eigenvalue weighted by Gasteiger charge is 2.46. The molecule has 0 spiro atoms. The molecule has 0 radical (unpaired) electrons. The van der Waals surface area contributed by atoms with Crippen LogP contribution in [0.1, 0.15) is 26.7 Å². The maximum Gasteiger partial charge on any atom is 0.236 e. The van der Waals surface area contributed by atoms with Crippen LogP contribution < -0.4 is 0 Å². The number of aldehydes is 1. The van der Waals surface area contributed by atoms with Gasteiger partial charge >= 0.3 is 0 Å². The van der Waals surface area contributed by atoms with Crippen LogP contribution in [-0.4, -0.2) is 47.9 Å². The highest BCUT2D eigenvalue weighted by molar-refractivity contribution is 6.06. The molecular weight excluding hydrogens is 262 g/mol. The van der Waals surface area contributed by atoms with Crippen LogP contribution in [0.3, 0.4) is 0 Å². The minimum Gasteiger partial charge on any atom is -0.373 e. The second kappa shape index (κ2) is 6.28. The van der Waals surface area contributed by atoms with Crippen molar-refractivity contribution in [2.75, 3.05) is 6.61 Å². The van der Waals surface area contributed by atoms with Crippen molar-refractivity contribution in [2.45, 2.75) is 45.1 Å². The van der Waals surface area contributed by atoms with Crippen molar-refractivity contribution in [3.05, 3.63) is 12.3 Å². The lowest BCUT2D eigenvalue weighted by Crippen LogP contribution is -2.46. The Bertz CT molecular complexity index is 433. The molecule has 1 amide bonds. The molecule has 4 atom stereocenters. The predicted molar refractivity (Wildman–Crippen MR) is 69.5 cm³/mol. The van der Waals surface area contributed by atoms with Crippen LogP contribution >= 0.6 is 0 Å². The molecule has 0 unspecified atom stereocenters. The van der Waals surface area contributed by atoms with E-state index >= 15 is 0 Å². The molecule has 0 bridgehead atoms. The molecule has 0 N–H and O–H groups in total. The average Bonchev–Trinajstić information content (AvgIpc) is 2.73. The number of carbonyl (C=O) groups is 3. The SMILES string of the molecule is CCCO[C@@H]1[C@H](C)[C@@H](C=O)O[C@H]1N1C=CC(=O)CC1=O. The van der Waals surface area contributed by atoms with Crippen molar-refractivity contribution < 1.29 is 23.9 Å². The molecule has 20 heavy (non-hydrogen) atoms. The van der Waals surface area contributed by atoms with Crippen LogP contribution in [0.15, 0.2) is 12.3 Å². The molecule has 110 valence electrons. The van der Waals surface area contributed by atoms with Gasteiger partial charge in [-0.1, -0.05) is 13.8 Å². The number of allylic oxidation sites excluding steroid dienone is 1. The first-order chi connectivity index (χ1) is 9.58. The molecule has 2 rings (SSSR count). The van der Waals surface area contributed by atoms with Crippen LogP contribution in [0.5, 0.6) is 0 Å². The van der Waals surface area contributed by atoms with Gasteiger partial charge < -0.3 is 14.3 Å². The van der Waals surface area contributed by atoms with Crippen molar-refractivity contribution in [1.82, 2.24) is 4.90 Å². The van der Waals surface area contributed by atoms with E-state index in [4.69, 9.17) is 9.47 Å². The summed E-state index contributed by atoms with van der Waals surface area (Å²) in [5.41, 5.74) is 0. The highest BCUT2D eigenvalue weighted by atomic mass is 16.6. The fraction of sp³-hybridized carbons (Fsp3) is 0.643. The number of ether oxygens (including phenoxy) is 2. The van der Waals surface area contributed by atoms with Gasteiger partial charge in [0.05, 0.1) is 6.42 Å². The Morgan fingerprint density at radius 1 is 1.50 bits per heavy atom. The maximum atomic E-state index is 11.9. The molecule has 2 aliphatic heterocycles. The Morgan fingerprint density at radius 2 is 2.25 bits per heavy atom. The van der Waals surface area contributed by atoms with E-state index in [1.165, 1.54) is 17.2 Å². The standard InChI is InChI=1S/C14H19NO5/c1-3-6-19-13-9(2)11(8-16)20-14(13)15-5-4-10(17)7-12(15)18/h4-5,8-9,11,13-14H,3,6-7H2,1-2H3/t9-,11-,13-,14-/m1/s1. The summed E-state index contributed by atoms with van der Waals surface area (Å²) < 4.78 is 11.4. The van der Waals surface area contributed by atoms with E-state index in [0.717, 1.165) is 12.7 Å². The molecule has 2 aliphatic rings. The Balaban J connectivity index is 2.18. The largest absolute Gasteiger partial charge is 0.373 e. The zero-order valence-electron chi connectivity index (χ0n) is 11.7. The van der Waals surface area contributed by atoms with Crippen LogP contribution in [0.2, 0.25) is 0 Å². The molecule has 0 aromatic carbocycles. The molecular formula is C14H19NO5. The van der Waals surface area contributed by atoms with Gasteiger partial charge in [-0.25, -0.2) is 0 Å². The van der Waals surface area contributed by atoms with Crippen molar-refractivity contribution >= 4 is 18.0 Å². The molecule has 2 heterocycles. The molecule has 1 fully saturated rings. The lowest BCUT2D eigenvalue weighted by atomic mass is 10.0. The fourth-order valence-electron chi connectivity index (χ4n) is 2.45. The number of rotatable bonds is 5. The van der Waals surface area contributed by atoms with Crippen LogP contribution in [-0.2, 0) is 23.9 Å². The van der Waals surface area contributed by atoms with Crippen LogP contribution in [0.25, 0.3) is 0 Å². The Morgan fingerprint density at radius 3 is 2.85 bits per heavy atom. The van der Waals surface area contributed by atoms with E-state index in [1.807, 2.05) is 13.8 Å². The average molecular weight is 281 g/mol. The Labute approximate surface area is 117 Å². The number of hydrogen-bond acceptors (Lipinski definition) is 5. The monoisotopic (exact) mass is 281 g/mol. The Hall–Kier alpha value is -1.53. The summed E-state index contributed by atoms with van der Waals surface area (Å²) in [6.07, 6.45) is 2.55. The molecule has 1 saturated heterocycles. The van der Waals surface area contributed by atoms with Crippen molar-refractivity contribution in [3.63, 3.8) is 0 Å². The lowest BCUT2D eigenvalue weighted by Gasteiger charge is -2.31. The van der Waals surface area contributed by atoms with Gasteiger partial charge in [0.15, 0.2) is 12.0 Å². The van der Waals surface area contributed by atoms with Crippen molar-refractivity contribution in [3.8, 4) is 0 Å². The number of nitrogens with zero attached hydrogens (tertiary/aromatic N) is 1. The van der Waals surface area contributed by atoms with Gasteiger partial charge in [0, 0.05) is 18.7 Å². The van der Waals surface area contributed by atoms with E-state index < -0.39 is 12.3 Å². The minimum absolute atomic E-state index is 0.136. The summed E-state index contributed by atoms with van der Waals surface area (Å²) in [7, 11) is 0. The van der Waals surface area contributed by atoms with Gasteiger partial charge in [0.25, 0.3) is 0 Å². The normalized spacial score (nSPS) is 33.8. The van der Waals surface area contributed by atoms with Crippen molar-refractivity contribution in [1.29, 1.82) is 0 Å². The second-order valence-electron chi connectivity index (χ2n) is 5.08. The zero-order valence-corrected chi connectivity index (χ0v) is 11.7. The summed E-state index contributed by atoms with van der Waals surface area (Å²) in [4.78, 5) is 35.6. The molecule has 0 saturated carbocycles. The summed E-state index contributed by atoms with van der Waals surface area (Å²) in [5.74, 6) is -0.690. The molecule has 6 nitrogen and oxygen atoms in total. The van der Waals surface area contributed by atoms with E-state index in [-0.39, 0.29) is 30.1 Å². The van der Waals surface area contributed by atoms with E-state index in [9.17, 15) is 14.4 Å². The third-order valence-electron chi connectivity index (χ3n) is 3.57. The topological polar surface area (TPSA) is 72.9 Å². The summed E-state index contributed by atoms with van der Waals surface area (Å²) >= 11 is 0. The van der Waals surface area contributed by atoms with Gasteiger partial charge in [-0.05, 0) is 12.5 Å².